The summed E-state index contributed by atoms with van der Waals surface area (Å²) >= 11 is 0. The van der Waals surface area contributed by atoms with E-state index in [9.17, 15) is 9.18 Å². The summed E-state index contributed by atoms with van der Waals surface area (Å²) in [5.74, 6) is -0.413. The van der Waals surface area contributed by atoms with Crippen molar-refractivity contribution in [3.63, 3.8) is 0 Å². The molecular formula is C16H17FN2O2. The lowest BCUT2D eigenvalue weighted by Crippen LogP contribution is -2.13. The van der Waals surface area contributed by atoms with E-state index >= 15 is 0 Å². The summed E-state index contributed by atoms with van der Waals surface area (Å²) in [5, 5.41) is 2.71. The van der Waals surface area contributed by atoms with Crippen molar-refractivity contribution in [2.24, 2.45) is 0 Å². The highest BCUT2D eigenvalue weighted by atomic mass is 19.1. The van der Waals surface area contributed by atoms with Crippen LogP contribution in [0.25, 0.3) is 0 Å². The van der Waals surface area contributed by atoms with Crippen molar-refractivity contribution in [3.8, 4) is 5.75 Å². The molecule has 5 heteroatoms. The first-order valence-electron chi connectivity index (χ1n) is 6.61. The number of halogens is 1. The number of hydrogen-bond donors (Lipinski definition) is 2. The lowest BCUT2D eigenvalue weighted by atomic mass is 10.1. The number of carbonyl (C=O) groups is 1. The third-order valence-corrected chi connectivity index (χ3v) is 3.02. The second kappa shape index (κ2) is 6.26. The minimum Gasteiger partial charge on any atom is -0.492 e. The van der Waals surface area contributed by atoms with Gasteiger partial charge in [-0.1, -0.05) is 0 Å². The topological polar surface area (TPSA) is 64.3 Å². The average Bonchev–Trinajstić information content (AvgIpc) is 2.45. The SMILES string of the molecule is CCOc1cc(F)ccc1NC(=O)c1ccc(N)c(C)c1. The molecule has 0 aliphatic carbocycles. The first kappa shape index (κ1) is 14.8. The second-order valence-corrected chi connectivity index (χ2v) is 4.60. The number of carbonyl (C=O) groups excluding carboxylic acids is 1. The number of ether oxygens (including phenoxy) is 1. The molecular weight excluding hydrogens is 271 g/mol. The molecule has 0 aliphatic rings. The molecule has 2 aromatic carbocycles. The number of nitrogens with one attached hydrogen (secondary N) is 1. The van der Waals surface area contributed by atoms with E-state index < -0.39 is 5.82 Å². The molecule has 0 aliphatic heterocycles. The molecule has 4 nitrogen and oxygen atoms in total. The van der Waals surface area contributed by atoms with Crippen LogP contribution in [0.2, 0.25) is 0 Å². The van der Waals surface area contributed by atoms with Crippen LogP contribution < -0.4 is 15.8 Å². The molecule has 2 aromatic rings. The van der Waals surface area contributed by atoms with Crippen LogP contribution in [0.1, 0.15) is 22.8 Å². The van der Waals surface area contributed by atoms with Gasteiger partial charge in [0.2, 0.25) is 0 Å². The van der Waals surface area contributed by atoms with Gasteiger partial charge in [-0.15, -0.1) is 0 Å². The fourth-order valence-corrected chi connectivity index (χ4v) is 1.89. The van der Waals surface area contributed by atoms with E-state index in [-0.39, 0.29) is 5.91 Å². The van der Waals surface area contributed by atoms with Crippen LogP contribution in [0.5, 0.6) is 5.75 Å². The lowest BCUT2D eigenvalue weighted by molar-refractivity contribution is 0.102. The normalized spacial score (nSPS) is 10.2. The predicted octanol–water partition coefficient (Wildman–Crippen LogP) is 3.37. The highest BCUT2D eigenvalue weighted by molar-refractivity contribution is 6.05. The Balaban J connectivity index is 2.24. The Bertz CT molecular complexity index is 671. The number of hydrogen-bond acceptors (Lipinski definition) is 3. The van der Waals surface area contributed by atoms with Gasteiger partial charge in [-0.25, -0.2) is 4.39 Å². The molecule has 0 heterocycles. The highest BCUT2D eigenvalue weighted by Gasteiger charge is 2.11. The number of nitrogens with two attached hydrogens (primary N) is 1. The van der Waals surface area contributed by atoms with Gasteiger partial charge in [-0.3, -0.25) is 4.79 Å². The van der Waals surface area contributed by atoms with Crippen LogP contribution >= 0.6 is 0 Å². The number of amides is 1. The number of nitrogen functional groups attached to an aromatic ring is 1. The van der Waals surface area contributed by atoms with E-state index in [4.69, 9.17) is 10.5 Å². The molecule has 0 unspecified atom stereocenters. The van der Waals surface area contributed by atoms with Gasteiger partial charge in [0.25, 0.3) is 5.91 Å². The zero-order valence-electron chi connectivity index (χ0n) is 11.9. The maximum absolute atomic E-state index is 13.2. The van der Waals surface area contributed by atoms with Crippen LogP contribution in [0, 0.1) is 12.7 Å². The number of aryl methyl sites for hydroxylation is 1. The summed E-state index contributed by atoms with van der Waals surface area (Å²) in [6.45, 7) is 4.00. The van der Waals surface area contributed by atoms with E-state index in [2.05, 4.69) is 5.32 Å². The molecule has 0 saturated heterocycles. The molecule has 0 spiro atoms. The Kier molecular flexibility index (Phi) is 4.42. The summed E-state index contributed by atoms with van der Waals surface area (Å²) in [5.41, 5.74) is 8.09. The minimum atomic E-state index is -0.417. The Labute approximate surface area is 122 Å². The maximum Gasteiger partial charge on any atom is 0.255 e. The van der Waals surface area contributed by atoms with Gasteiger partial charge >= 0.3 is 0 Å². The molecule has 21 heavy (non-hydrogen) atoms. The maximum atomic E-state index is 13.2. The summed E-state index contributed by atoms with van der Waals surface area (Å²) in [4.78, 5) is 12.2. The molecule has 1 amide bonds. The standard InChI is InChI=1S/C16H17FN2O2/c1-3-21-15-9-12(17)5-7-14(15)19-16(20)11-4-6-13(18)10(2)8-11/h4-9H,3,18H2,1-2H3,(H,19,20). The third-order valence-electron chi connectivity index (χ3n) is 3.02. The van der Waals surface area contributed by atoms with Crippen molar-refractivity contribution in [2.75, 3.05) is 17.7 Å². The Morgan fingerprint density at radius 3 is 2.71 bits per heavy atom. The molecule has 0 atom stereocenters. The summed E-state index contributed by atoms with van der Waals surface area (Å²) in [7, 11) is 0. The molecule has 0 fully saturated rings. The average molecular weight is 288 g/mol. The van der Waals surface area contributed by atoms with Gasteiger partial charge in [0.1, 0.15) is 11.6 Å². The molecule has 0 saturated carbocycles. The Hall–Kier alpha value is -2.56. The zero-order chi connectivity index (χ0) is 15.4. The first-order chi connectivity index (χ1) is 10.0. The van der Waals surface area contributed by atoms with Crippen molar-refractivity contribution in [2.45, 2.75) is 13.8 Å². The van der Waals surface area contributed by atoms with Crippen molar-refractivity contribution >= 4 is 17.3 Å². The van der Waals surface area contributed by atoms with Gasteiger partial charge < -0.3 is 15.8 Å². The summed E-state index contributed by atoms with van der Waals surface area (Å²) in [6, 6.07) is 9.01. The smallest absolute Gasteiger partial charge is 0.255 e. The van der Waals surface area contributed by atoms with Gasteiger partial charge in [0, 0.05) is 17.3 Å². The van der Waals surface area contributed by atoms with Gasteiger partial charge in [-0.05, 0) is 49.7 Å². The van der Waals surface area contributed by atoms with Crippen LogP contribution in [0.4, 0.5) is 15.8 Å². The Morgan fingerprint density at radius 1 is 1.29 bits per heavy atom. The molecule has 110 valence electrons. The van der Waals surface area contributed by atoms with Crippen molar-refractivity contribution in [1.82, 2.24) is 0 Å². The third kappa shape index (κ3) is 3.51. The molecule has 0 radical (unpaired) electrons. The monoisotopic (exact) mass is 288 g/mol. The van der Waals surface area contributed by atoms with Crippen LogP contribution in [0.3, 0.4) is 0 Å². The summed E-state index contributed by atoms with van der Waals surface area (Å²) < 4.78 is 18.5. The van der Waals surface area contributed by atoms with Crippen molar-refractivity contribution in [3.05, 3.63) is 53.3 Å². The molecule has 2 rings (SSSR count). The van der Waals surface area contributed by atoms with E-state index in [0.717, 1.165) is 5.56 Å². The van der Waals surface area contributed by atoms with Crippen molar-refractivity contribution in [1.29, 1.82) is 0 Å². The largest absolute Gasteiger partial charge is 0.492 e. The minimum absolute atomic E-state index is 0.300. The van der Waals surface area contributed by atoms with E-state index in [1.54, 1.807) is 25.1 Å². The number of rotatable bonds is 4. The van der Waals surface area contributed by atoms with Crippen molar-refractivity contribution < 1.29 is 13.9 Å². The van der Waals surface area contributed by atoms with Gasteiger partial charge in [0.05, 0.1) is 12.3 Å². The second-order valence-electron chi connectivity index (χ2n) is 4.60. The Morgan fingerprint density at radius 2 is 2.05 bits per heavy atom. The fourth-order valence-electron chi connectivity index (χ4n) is 1.89. The molecule has 0 bridgehead atoms. The first-order valence-corrected chi connectivity index (χ1v) is 6.61. The van der Waals surface area contributed by atoms with Crippen LogP contribution in [-0.4, -0.2) is 12.5 Å². The van der Waals surface area contributed by atoms with Gasteiger partial charge in [-0.2, -0.15) is 0 Å². The van der Waals surface area contributed by atoms with E-state index in [1.165, 1.54) is 18.2 Å². The number of anilines is 2. The predicted molar refractivity (Wildman–Crippen MR) is 81.1 cm³/mol. The summed E-state index contributed by atoms with van der Waals surface area (Å²) in [6.07, 6.45) is 0. The molecule has 3 N–H and O–H groups in total. The zero-order valence-corrected chi connectivity index (χ0v) is 11.9. The lowest BCUT2D eigenvalue weighted by Gasteiger charge is -2.12. The number of benzene rings is 2. The van der Waals surface area contributed by atoms with Crippen LogP contribution in [-0.2, 0) is 0 Å². The highest BCUT2D eigenvalue weighted by Crippen LogP contribution is 2.26. The van der Waals surface area contributed by atoms with E-state index in [0.29, 0.717) is 29.3 Å². The van der Waals surface area contributed by atoms with Crippen LogP contribution in [0.15, 0.2) is 36.4 Å². The quantitative estimate of drug-likeness (QED) is 0.848. The fraction of sp³-hybridized carbons (Fsp3) is 0.188. The van der Waals surface area contributed by atoms with Gasteiger partial charge in [0.15, 0.2) is 0 Å². The van der Waals surface area contributed by atoms with E-state index in [1.807, 2.05) is 6.92 Å². The molecule has 0 aromatic heterocycles.